The van der Waals surface area contributed by atoms with Gasteiger partial charge in [-0.3, -0.25) is 14.3 Å². The van der Waals surface area contributed by atoms with Crippen LogP contribution in [-0.2, 0) is 16.6 Å². The van der Waals surface area contributed by atoms with Crippen LogP contribution in [0.3, 0.4) is 0 Å². The van der Waals surface area contributed by atoms with Crippen molar-refractivity contribution in [1.82, 2.24) is 14.8 Å². The van der Waals surface area contributed by atoms with E-state index in [0.717, 1.165) is 24.8 Å². The molecule has 0 spiro atoms. The van der Waals surface area contributed by atoms with Gasteiger partial charge in [0.15, 0.2) is 0 Å². The van der Waals surface area contributed by atoms with Crippen molar-refractivity contribution in [1.29, 1.82) is 0 Å². The molecule has 0 radical (unpaired) electrons. The van der Waals surface area contributed by atoms with Crippen molar-refractivity contribution in [2.45, 2.75) is 25.2 Å². The van der Waals surface area contributed by atoms with Crippen molar-refractivity contribution < 1.29 is 9.59 Å². The van der Waals surface area contributed by atoms with E-state index in [4.69, 9.17) is 0 Å². The van der Waals surface area contributed by atoms with Crippen molar-refractivity contribution in [3.05, 3.63) is 36.3 Å². The molecule has 4 rings (SSSR count). The maximum absolute atomic E-state index is 12.3. The van der Waals surface area contributed by atoms with E-state index in [1.807, 2.05) is 19.4 Å². The lowest BCUT2D eigenvalue weighted by Gasteiger charge is -2.06. The van der Waals surface area contributed by atoms with Gasteiger partial charge in [0.25, 0.3) is 0 Å². The molecule has 2 fully saturated rings. The largest absolute Gasteiger partial charge is 0.324 e. The predicted octanol–water partition coefficient (Wildman–Crippen LogP) is 1.91. The van der Waals surface area contributed by atoms with Gasteiger partial charge < -0.3 is 10.6 Å². The van der Waals surface area contributed by atoms with E-state index in [0.29, 0.717) is 11.5 Å². The molecule has 0 bridgehead atoms. The van der Waals surface area contributed by atoms with Crippen LogP contribution in [0.15, 0.2) is 30.7 Å². The number of hydrogen-bond donors (Lipinski definition) is 2. The third kappa shape index (κ3) is 3.15. The fraction of sp³-hybridized carbons (Fsp3) is 0.412. The van der Waals surface area contributed by atoms with E-state index in [2.05, 4.69) is 20.7 Å². The molecular weight excluding hydrogens is 306 g/mol. The number of aromatic nitrogens is 3. The number of carbonyl (C=O) groups excluding carboxylic acids is 2. The summed E-state index contributed by atoms with van der Waals surface area (Å²) in [6.07, 6.45) is 8.11. The summed E-state index contributed by atoms with van der Waals surface area (Å²) >= 11 is 0. The number of nitrogens with one attached hydrogen (secondary N) is 2. The van der Waals surface area contributed by atoms with Gasteiger partial charge in [-0.1, -0.05) is 0 Å². The highest BCUT2D eigenvalue weighted by molar-refractivity contribution is 5.96. The van der Waals surface area contributed by atoms with Crippen molar-refractivity contribution in [3.8, 4) is 0 Å². The average Bonchev–Trinajstić information content (AvgIpc) is 3.47. The van der Waals surface area contributed by atoms with Gasteiger partial charge in [0.05, 0.1) is 18.1 Å². The summed E-state index contributed by atoms with van der Waals surface area (Å²) < 4.78 is 1.75. The molecule has 2 atom stereocenters. The maximum Gasteiger partial charge on any atom is 0.228 e. The first-order valence-corrected chi connectivity index (χ1v) is 8.16. The summed E-state index contributed by atoms with van der Waals surface area (Å²) in [5.41, 5.74) is 1.75. The van der Waals surface area contributed by atoms with Crippen LogP contribution >= 0.6 is 0 Å². The summed E-state index contributed by atoms with van der Waals surface area (Å²) in [5, 5.41) is 9.81. The van der Waals surface area contributed by atoms with Crippen LogP contribution in [0.5, 0.6) is 0 Å². The quantitative estimate of drug-likeness (QED) is 0.879. The van der Waals surface area contributed by atoms with Gasteiger partial charge in [0.2, 0.25) is 11.8 Å². The molecule has 0 unspecified atom stereocenters. The van der Waals surface area contributed by atoms with Gasteiger partial charge >= 0.3 is 0 Å². The number of carbonyl (C=O) groups is 2. The van der Waals surface area contributed by atoms with Gasteiger partial charge in [-0.05, 0) is 42.9 Å². The number of pyridine rings is 1. The Morgan fingerprint density at radius 2 is 2.00 bits per heavy atom. The van der Waals surface area contributed by atoms with E-state index in [-0.39, 0.29) is 29.6 Å². The lowest BCUT2D eigenvalue weighted by atomic mass is 10.2. The van der Waals surface area contributed by atoms with E-state index >= 15 is 0 Å². The fourth-order valence-electron chi connectivity index (χ4n) is 2.84. The Balaban J connectivity index is 1.32. The number of anilines is 2. The first-order chi connectivity index (χ1) is 11.6. The highest BCUT2D eigenvalue weighted by Gasteiger charge is 2.44. The monoisotopic (exact) mass is 325 g/mol. The minimum Gasteiger partial charge on any atom is -0.324 e. The fourth-order valence-corrected chi connectivity index (χ4v) is 2.84. The topological polar surface area (TPSA) is 88.9 Å². The zero-order valence-corrected chi connectivity index (χ0v) is 13.4. The molecule has 24 heavy (non-hydrogen) atoms. The minimum atomic E-state index is -0.0107. The van der Waals surface area contributed by atoms with E-state index in [9.17, 15) is 9.59 Å². The SMILES string of the molecule is Cn1cc([C@H]2C[C@H]2C(=O)Nc2ccc(NC(=O)C3CC3)nc2)cn1. The molecule has 0 aromatic carbocycles. The van der Waals surface area contributed by atoms with E-state index in [1.165, 1.54) is 0 Å². The second-order valence-electron chi connectivity index (χ2n) is 6.58. The molecule has 124 valence electrons. The Labute approximate surface area is 139 Å². The standard InChI is InChI=1S/C17H19N5O2/c1-22-9-11(7-19-22)13-6-14(13)17(24)20-12-4-5-15(18-8-12)21-16(23)10-2-3-10/h4-5,7-10,13-14H,2-3,6H2,1H3,(H,20,24)(H,18,21,23)/t13-,14-/m1/s1. The summed E-state index contributed by atoms with van der Waals surface area (Å²) in [5.74, 6) is 0.930. The molecule has 0 saturated heterocycles. The number of hydrogen-bond acceptors (Lipinski definition) is 4. The molecule has 2 aromatic rings. The lowest BCUT2D eigenvalue weighted by Crippen LogP contribution is -2.16. The van der Waals surface area contributed by atoms with Crippen molar-refractivity contribution in [2.75, 3.05) is 10.6 Å². The Bertz CT molecular complexity index is 779. The first-order valence-electron chi connectivity index (χ1n) is 8.16. The van der Waals surface area contributed by atoms with Crippen molar-refractivity contribution in [2.24, 2.45) is 18.9 Å². The van der Waals surface area contributed by atoms with E-state index < -0.39 is 0 Å². The normalized spacial score (nSPS) is 22.0. The summed E-state index contributed by atoms with van der Waals surface area (Å²) in [6.45, 7) is 0. The minimum absolute atomic E-state index is 0.000388. The Kier molecular flexibility index (Phi) is 3.55. The second-order valence-corrected chi connectivity index (χ2v) is 6.58. The molecule has 2 N–H and O–H groups in total. The molecule has 0 aliphatic heterocycles. The smallest absolute Gasteiger partial charge is 0.228 e. The van der Waals surface area contributed by atoms with Gasteiger partial charge in [-0.15, -0.1) is 0 Å². The maximum atomic E-state index is 12.3. The Hall–Kier alpha value is -2.70. The average molecular weight is 325 g/mol. The molecule has 7 heteroatoms. The highest BCUT2D eigenvalue weighted by Crippen LogP contribution is 2.47. The number of nitrogens with zero attached hydrogens (tertiary/aromatic N) is 3. The van der Waals surface area contributed by atoms with Crippen LogP contribution < -0.4 is 10.6 Å². The number of aryl methyl sites for hydroxylation is 1. The summed E-state index contributed by atoms with van der Waals surface area (Å²) in [7, 11) is 1.87. The van der Waals surface area contributed by atoms with Crippen LogP contribution in [0.4, 0.5) is 11.5 Å². The Morgan fingerprint density at radius 1 is 1.17 bits per heavy atom. The van der Waals surface area contributed by atoms with E-state index in [1.54, 1.807) is 23.0 Å². The third-order valence-electron chi connectivity index (χ3n) is 4.51. The predicted molar refractivity (Wildman–Crippen MR) is 88.3 cm³/mol. The second kappa shape index (κ2) is 5.74. The molecule has 7 nitrogen and oxygen atoms in total. The van der Waals surface area contributed by atoms with Crippen molar-refractivity contribution >= 4 is 23.3 Å². The Morgan fingerprint density at radius 3 is 2.62 bits per heavy atom. The summed E-state index contributed by atoms with van der Waals surface area (Å²) in [6, 6.07) is 3.47. The molecule has 2 aliphatic carbocycles. The zero-order valence-electron chi connectivity index (χ0n) is 13.4. The number of rotatable bonds is 5. The summed E-state index contributed by atoms with van der Waals surface area (Å²) in [4.78, 5) is 28.2. The molecule has 2 amide bonds. The van der Waals surface area contributed by atoms with Crippen LogP contribution in [0.1, 0.15) is 30.7 Å². The third-order valence-corrected chi connectivity index (χ3v) is 4.51. The number of amides is 2. The van der Waals surface area contributed by atoms with Crippen LogP contribution in [0.2, 0.25) is 0 Å². The molecule has 2 aliphatic rings. The van der Waals surface area contributed by atoms with Gasteiger partial charge in [0.1, 0.15) is 5.82 Å². The van der Waals surface area contributed by atoms with Gasteiger partial charge in [-0.2, -0.15) is 5.10 Å². The first kappa shape index (κ1) is 14.9. The van der Waals surface area contributed by atoms with Crippen molar-refractivity contribution in [3.63, 3.8) is 0 Å². The molecule has 2 saturated carbocycles. The van der Waals surface area contributed by atoms with Crippen LogP contribution in [-0.4, -0.2) is 26.6 Å². The van der Waals surface area contributed by atoms with Crippen LogP contribution in [0, 0.1) is 11.8 Å². The molecule has 2 aromatic heterocycles. The van der Waals surface area contributed by atoms with Gasteiger partial charge in [-0.25, -0.2) is 4.98 Å². The zero-order chi connectivity index (χ0) is 16.7. The molecule has 2 heterocycles. The van der Waals surface area contributed by atoms with Crippen LogP contribution in [0.25, 0.3) is 0 Å². The molecular formula is C17H19N5O2. The lowest BCUT2D eigenvalue weighted by molar-refractivity contribution is -0.118. The van der Waals surface area contributed by atoms with Gasteiger partial charge in [0, 0.05) is 25.1 Å². The highest BCUT2D eigenvalue weighted by atomic mass is 16.2.